The number of aromatic nitrogens is 2. The van der Waals surface area contributed by atoms with Crippen molar-refractivity contribution in [1.29, 1.82) is 0 Å². The van der Waals surface area contributed by atoms with Crippen LogP contribution in [0.15, 0.2) is 18.5 Å². The number of hydrogen-bond donors (Lipinski definition) is 1. The van der Waals surface area contributed by atoms with Crippen LogP contribution in [0.1, 0.15) is 19.3 Å². The van der Waals surface area contributed by atoms with E-state index in [1.165, 1.54) is 0 Å². The molecule has 2 aliphatic rings. The molecule has 2 saturated heterocycles. The highest BCUT2D eigenvalue weighted by atomic mass is 16.5. The highest BCUT2D eigenvalue weighted by molar-refractivity contribution is 5.79. The lowest BCUT2D eigenvalue weighted by molar-refractivity contribution is -0.125. The number of nitrogens with one attached hydrogen (secondary N) is 1. The van der Waals surface area contributed by atoms with Crippen molar-refractivity contribution in [2.75, 3.05) is 57.4 Å². The fourth-order valence-corrected chi connectivity index (χ4v) is 3.31. The predicted octanol–water partition coefficient (Wildman–Crippen LogP) is 0.532. The molecule has 132 valence electrons. The van der Waals surface area contributed by atoms with Crippen LogP contribution >= 0.6 is 0 Å². The summed E-state index contributed by atoms with van der Waals surface area (Å²) in [5, 5.41) is 3.10. The molecule has 0 bridgehead atoms. The molecule has 0 radical (unpaired) electrons. The molecule has 1 aromatic heterocycles. The molecule has 0 spiro atoms. The maximum atomic E-state index is 12.4. The number of piperidine rings is 1. The van der Waals surface area contributed by atoms with Gasteiger partial charge in [-0.05, 0) is 31.9 Å². The van der Waals surface area contributed by atoms with E-state index in [-0.39, 0.29) is 11.8 Å². The van der Waals surface area contributed by atoms with Gasteiger partial charge in [-0.15, -0.1) is 0 Å². The Hall–Kier alpha value is -1.73. The predicted molar refractivity (Wildman–Crippen MR) is 91.9 cm³/mol. The maximum Gasteiger partial charge on any atom is 0.225 e. The van der Waals surface area contributed by atoms with E-state index in [1.54, 1.807) is 12.4 Å². The zero-order valence-corrected chi connectivity index (χ0v) is 14.2. The molecule has 3 rings (SSSR count). The first-order valence-corrected chi connectivity index (χ1v) is 8.93. The minimum absolute atomic E-state index is 0.0333. The smallest absolute Gasteiger partial charge is 0.225 e. The Labute approximate surface area is 143 Å². The molecule has 1 atom stereocenters. The topological polar surface area (TPSA) is 70.6 Å². The number of amides is 1. The summed E-state index contributed by atoms with van der Waals surface area (Å²) >= 11 is 0. The third-order valence-corrected chi connectivity index (χ3v) is 4.68. The molecule has 1 aromatic rings. The third-order valence-electron chi connectivity index (χ3n) is 4.68. The molecule has 1 N–H and O–H groups in total. The Kier molecular flexibility index (Phi) is 6.37. The van der Waals surface area contributed by atoms with Crippen molar-refractivity contribution in [3.8, 4) is 0 Å². The summed E-state index contributed by atoms with van der Waals surface area (Å²) in [6, 6.07) is 1.81. The Balaban J connectivity index is 1.38. The minimum Gasteiger partial charge on any atom is -0.379 e. The molecule has 24 heavy (non-hydrogen) atoms. The van der Waals surface area contributed by atoms with Gasteiger partial charge in [0.25, 0.3) is 0 Å². The van der Waals surface area contributed by atoms with Crippen molar-refractivity contribution in [2.45, 2.75) is 19.3 Å². The van der Waals surface area contributed by atoms with Gasteiger partial charge in [0, 0.05) is 45.1 Å². The summed E-state index contributed by atoms with van der Waals surface area (Å²) in [5.74, 6) is 0.922. The first-order chi connectivity index (χ1) is 11.8. The molecular weight excluding hydrogens is 306 g/mol. The lowest BCUT2D eigenvalue weighted by Crippen LogP contribution is -2.44. The van der Waals surface area contributed by atoms with Crippen LogP contribution in [0.5, 0.6) is 0 Å². The van der Waals surface area contributed by atoms with Crippen LogP contribution in [0.25, 0.3) is 0 Å². The van der Waals surface area contributed by atoms with E-state index in [0.717, 1.165) is 71.1 Å². The zero-order chi connectivity index (χ0) is 16.6. The quantitative estimate of drug-likeness (QED) is 0.766. The van der Waals surface area contributed by atoms with Gasteiger partial charge < -0.3 is 15.0 Å². The van der Waals surface area contributed by atoms with Gasteiger partial charge in [0.15, 0.2) is 0 Å². The fourth-order valence-electron chi connectivity index (χ4n) is 3.31. The van der Waals surface area contributed by atoms with Crippen LogP contribution in [-0.2, 0) is 9.53 Å². The second-order valence-corrected chi connectivity index (χ2v) is 6.43. The molecule has 1 amide bonds. The number of carbonyl (C=O) groups excluding carboxylic acids is 1. The van der Waals surface area contributed by atoms with E-state index in [2.05, 4.69) is 25.1 Å². The van der Waals surface area contributed by atoms with E-state index in [9.17, 15) is 4.79 Å². The van der Waals surface area contributed by atoms with Crippen LogP contribution in [0.3, 0.4) is 0 Å². The summed E-state index contributed by atoms with van der Waals surface area (Å²) in [7, 11) is 0. The molecule has 7 nitrogen and oxygen atoms in total. The minimum atomic E-state index is 0.0333. The number of rotatable bonds is 6. The average molecular weight is 333 g/mol. The molecule has 2 fully saturated rings. The largest absolute Gasteiger partial charge is 0.379 e. The van der Waals surface area contributed by atoms with Crippen molar-refractivity contribution >= 4 is 11.9 Å². The van der Waals surface area contributed by atoms with Gasteiger partial charge in [-0.2, -0.15) is 0 Å². The Morgan fingerprint density at radius 3 is 2.83 bits per heavy atom. The van der Waals surface area contributed by atoms with Gasteiger partial charge >= 0.3 is 0 Å². The number of anilines is 1. The summed E-state index contributed by atoms with van der Waals surface area (Å²) in [5.41, 5.74) is 0. The molecule has 0 aromatic carbocycles. The molecular formula is C17H27N5O2. The van der Waals surface area contributed by atoms with Gasteiger partial charge in [0.1, 0.15) is 0 Å². The van der Waals surface area contributed by atoms with Crippen molar-refractivity contribution in [3.63, 3.8) is 0 Å². The highest BCUT2D eigenvalue weighted by Crippen LogP contribution is 2.20. The van der Waals surface area contributed by atoms with E-state index < -0.39 is 0 Å². The SMILES string of the molecule is O=C(NCCCN1CCOCC1)[C@H]1CCCN(c2ncccn2)C1. The van der Waals surface area contributed by atoms with Crippen LogP contribution < -0.4 is 10.2 Å². The molecule has 0 saturated carbocycles. The maximum absolute atomic E-state index is 12.4. The van der Waals surface area contributed by atoms with Gasteiger partial charge in [-0.3, -0.25) is 9.69 Å². The van der Waals surface area contributed by atoms with Crippen molar-refractivity contribution < 1.29 is 9.53 Å². The first-order valence-electron chi connectivity index (χ1n) is 8.93. The highest BCUT2D eigenvalue weighted by Gasteiger charge is 2.26. The van der Waals surface area contributed by atoms with Crippen molar-refractivity contribution in [1.82, 2.24) is 20.2 Å². The Morgan fingerprint density at radius 2 is 2.04 bits per heavy atom. The molecule has 0 unspecified atom stereocenters. The van der Waals surface area contributed by atoms with Crippen LogP contribution in [0, 0.1) is 5.92 Å². The number of nitrogens with zero attached hydrogens (tertiary/aromatic N) is 4. The summed E-state index contributed by atoms with van der Waals surface area (Å²) in [6.07, 6.45) is 6.43. The van der Waals surface area contributed by atoms with Gasteiger partial charge in [0.05, 0.1) is 19.1 Å². The van der Waals surface area contributed by atoms with Crippen LogP contribution in [0.4, 0.5) is 5.95 Å². The van der Waals surface area contributed by atoms with Gasteiger partial charge in [-0.1, -0.05) is 0 Å². The first kappa shape index (κ1) is 17.1. The van der Waals surface area contributed by atoms with E-state index in [1.807, 2.05) is 6.07 Å². The van der Waals surface area contributed by atoms with Crippen molar-refractivity contribution in [2.24, 2.45) is 5.92 Å². The second-order valence-electron chi connectivity index (χ2n) is 6.43. The summed E-state index contributed by atoms with van der Waals surface area (Å²) in [6.45, 7) is 7.06. The third kappa shape index (κ3) is 4.88. The number of morpholine rings is 1. The van der Waals surface area contributed by atoms with E-state index >= 15 is 0 Å². The summed E-state index contributed by atoms with van der Waals surface area (Å²) < 4.78 is 5.34. The number of carbonyl (C=O) groups is 1. The van der Waals surface area contributed by atoms with Gasteiger partial charge in [-0.25, -0.2) is 9.97 Å². The van der Waals surface area contributed by atoms with E-state index in [0.29, 0.717) is 6.54 Å². The molecule has 3 heterocycles. The molecule has 7 heteroatoms. The normalized spacial score (nSPS) is 22.3. The van der Waals surface area contributed by atoms with Gasteiger partial charge in [0.2, 0.25) is 11.9 Å². The Morgan fingerprint density at radius 1 is 1.25 bits per heavy atom. The standard InChI is InChI=1S/C17H27N5O2/c23-16(18-7-3-8-21-10-12-24-13-11-21)15-4-1-9-22(14-15)17-19-5-2-6-20-17/h2,5-6,15H,1,3-4,7-14H2,(H,18,23)/t15-/m0/s1. The lowest BCUT2D eigenvalue weighted by atomic mass is 9.97. The van der Waals surface area contributed by atoms with Crippen molar-refractivity contribution in [3.05, 3.63) is 18.5 Å². The number of hydrogen-bond acceptors (Lipinski definition) is 6. The zero-order valence-electron chi connectivity index (χ0n) is 14.2. The number of ether oxygens (including phenoxy) is 1. The second kappa shape index (κ2) is 8.94. The fraction of sp³-hybridized carbons (Fsp3) is 0.706. The monoisotopic (exact) mass is 333 g/mol. The Bertz CT molecular complexity index is 507. The average Bonchev–Trinajstić information content (AvgIpc) is 2.67. The molecule has 2 aliphatic heterocycles. The van der Waals surface area contributed by atoms with Crippen LogP contribution in [-0.4, -0.2) is 73.3 Å². The lowest BCUT2D eigenvalue weighted by Gasteiger charge is -2.32. The van der Waals surface area contributed by atoms with Crippen LogP contribution in [0.2, 0.25) is 0 Å². The molecule has 0 aliphatic carbocycles. The van der Waals surface area contributed by atoms with E-state index in [4.69, 9.17) is 4.74 Å². The summed E-state index contributed by atoms with van der Waals surface area (Å²) in [4.78, 5) is 25.5.